The summed E-state index contributed by atoms with van der Waals surface area (Å²) in [6.45, 7) is 8.99. The smallest absolute Gasteiger partial charge is 0.349 e. The molecule has 0 aromatic heterocycles. The topological polar surface area (TPSA) is 18.5 Å². The van der Waals surface area contributed by atoms with Crippen molar-refractivity contribution in [2.24, 2.45) is 0 Å². The van der Waals surface area contributed by atoms with Gasteiger partial charge in [-0.05, 0) is 46.9 Å². The van der Waals surface area contributed by atoms with Crippen molar-refractivity contribution in [2.45, 2.75) is 26.2 Å². The van der Waals surface area contributed by atoms with Gasteiger partial charge < -0.3 is 8.23 Å². The highest BCUT2D eigenvalue weighted by molar-refractivity contribution is 7.12. The first kappa shape index (κ1) is 23.6. The molecule has 0 radical (unpaired) electrons. The first-order valence-electron chi connectivity index (χ1n) is 11.5. The van der Waals surface area contributed by atoms with Crippen molar-refractivity contribution < 1.29 is 8.23 Å². The van der Waals surface area contributed by atoms with Crippen molar-refractivity contribution in [3.63, 3.8) is 0 Å². The largest absolute Gasteiger partial charge is 0.433 e. The van der Waals surface area contributed by atoms with Crippen molar-refractivity contribution in [2.75, 3.05) is 0 Å². The van der Waals surface area contributed by atoms with Gasteiger partial charge in [0.05, 0.1) is 0 Å². The van der Waals surface area contributed by atoms with Crippen LogP contribution < -0.4 is 20.7 Å². The molecule has 0 bridgehead atoms. The van der Waals surface area contributed by atoms with E-state index in [1.165, 1.54) is 20.7 Å². The van der Waals surface area contributed by atoms with E-state index >= 15 is 0 Å². The summed E-state index contributed by atoms with van der Waals surface area (Å²) < 4.78 is 14.7. The number of rotatable bonds is 8. The lowest BCUT2D eigenvalue weighted by atomic mass is 10.3. The van der Waals surface area contributed by atoms with E-state index in [-0.39, 0.29) is 0 Å². The third kappa shape index (κ3) is 5.18. The summed E-state index contributed by atoms with van der Waals surface area (Å²) in [5, 5.41) is 4.87. The van der Waals surface area contributed by atoms with E-state index in [9.17, 15) is 0 Å². The quantitative estimate of drug-likeness (QED) is 0.271. The molecule has 0 heterocycles. The third-order valence-corrected chi connectivity index (χ3v) is 17.3. The van der Waals surface area contributed by atoms with Gasteiger partial charge in [0.2, 0.25) is 0 Å². The van der Waals surface area contributed by atoms with Gasteiger partial charge >= 0.3 is 8.56 Å². The van der Waals surface area contributed by atoms with E-state index in [1.54, 1.807) is 0 Å². The van der Waals surface area contributed by atoms with Gasteiger partial charge in [-0.1, -0.05) is 121 Å². The molecule has 0 aliphatic rings. The fourth-order valence-electron chi connectivity index (χ4n) is 4.45. The summed E-state index contributed by atoms with van der Waals surface area (Å²) in [6, 6.07) is 42.9. The van der Waals surface area contributed by atoms with Crippen molar-refractivity contribution in [3.05, 3.63) is 121 Å². The van der Waals surface area contributed by atoms with Crippen molar-refractivity contribution >= 4 is 45.9 Å². The van der Waals surface area contributed by atoms with Crippen LogP contribution in [0.1, 0.15) is 0 Å². The molecule has 0 spiro atoms. The van der Waals surface area contributed by atoms with Crippen molar-refractivity contribution in [1.29, 1.82) is 0 Å². The Morgan fingerprint density at radius 1 is 0.394 bits per heavy atom. The van der Waals surface area contributed by atoms with Crippen LogP contribution in [-0.2, 0) is 8.23 Å². The first-order chi connectivity index (χ1) is 15.8. The standard InChI is InChI=1S/C28H32O2Si3/c1-31(2,3)29-32(4,25-17-9-5-10-18-25)30-33(26-19-11-6-12-20-26,27-21-13-7-14-22-27)28-23-15-8-16-24-28/h5-24H,1-4H3. The van der Waals surface area contributed by atoms with Crippen molar-refractivity contribution in [3.8, 4) is 0 Å². The number of hydrogen-bond acceptors (Lipinski definition) is 2. The molecule has 4 rings (SSSR count). The molecule has 1 atom stereocenters. The molecule has 0 aliphatic heterocycles. The predicted octanol–water partition coefficient (Wildman–Crippen LogP) is 4.50. The van der Waals surface area contributed by atoms with Crippen LogP contribution >= 0.6 is 0 Å². The van der Waals surface area contributed by atoms with Crippen molar-refractivity contribution in [1.82, 2.24) is 0 Å². The molecule has 4 aromatic carbocycles. The Labute approximate surface area is 201 Å². The molecule has 0 N–H and O–H groups in total. The Balaban J connectivity index is 2.02. The highest BCUT2D eigenvalue weighted by Crippen LogP contribution is 2.22. The molecule has 0 saturated heterocycles. The van der Waals surface area contributed by atoms with Gasteiger partial charge in [0.25, 0.3) is 8.32 Å². The van der Waals surface area contributed by atoms with E-state index in [2.05, 4.69) is 148 Å². The maximum atomic E-state index is 7.64. The lowest BCUT2D eigenvalue weighted by Crippen LogP contribution is -2.75. The minimum absolute atomic E-state index is 1.17. The van der Waals surface area contributed by atoms with E-state index in [0.29, 0.717) is 0 Å². The molecule has 5 heteroatoms. The van der Waals surface area contributed by atoms with E-state index in [0.717, 1.165) is 0 Å². The summed E-state index contributed by atoms with van der Waals surface area (Å²) in [5.74, 6) is 0. The highest BCUT2D eigenvalue weighted by Gasteiger charge is 2.51. The summed E-state index contributed by atoms with van der Waals surface area (Å²) >= 11 is 0. The Morgan fingerprint density at radius 2 is 0.697 bits per heavy atom. The fourth-order valence-corrected chi connectivity index (χ4v) is 18.1. The lowest BCUT2D eigenvalue weighted by Gasteiger charge is -2.43. The van der Waals surface area contributed by atoms with Crippen LogP contribution in [-0.4, -0.2) is 25.2 Å². The second-order valence-corrected chi connectivity index (χ2v) is 20.8. The third-order valence-electron chi connectivity index (χ3n) is 5.69. The zero-order valence-corrected chi connectivity index (χ0v) is 22.9. The second kappa shape index (κ2) is 9.75. The molecule has 168 valence electrons. The van der Waals surface area contributed by atoms with Gasteiger partial charge in [-0.3, -0.25) is 0 Å². The van der Waals surface area contributed by atoms with Crippen LogP contribution in [0.5, 0.6) is 0 Å². The summed E-state index contributed by atoms with van der Waals surface area (Å²) in [4.78, 5) is 0. The first-order valence-corrected chi connectivity index (χ1v) is 19.1. The van der Waals surface area contributed by atoms with Gasteiger partial charge in [0.1, 0.15) is 0 Å². The molecule has 2 nitrogen and oxygen atoms in total. The Bertz CT molecular complexity index is 1050. The van der Waals surface area contributed by atoms with Crippen LogP contribution in [0.4, 0.5) is 0 Å². The van der Waals surface area contributed by atoms with Crippen LogP contribution in [0.3, 0.4) is 0 Å². The number of benzene rings is 4. The van der Waals surface area contributed by atoms with Gasteiger partial charge in [0, 0.05) is 0 Å². The van der Waals surface area contributed by atoms with Gasteiger partial charge in [-0.2, -0.15) is 0 Å². The van der Waals surface area contributed by atoms with E-state index in [4.69, 9.17) is 8.23 Å². The lowest BCUT2D eigenvalue weighted by molar-refractivity contribution is 0.412. The minimum Gasteiger partial charge on any atom is -0.433 e. The average molecular weight is 485 g/mol. The molecule has 1 unspecified atom stereocenters. The molecule has 0 aliphatic carbocycles. The Kier molecular flexibility index (Phi) is 6.97. The average Bonchev–Trinajstić information content (AvgIpc) is 2.84. The molecule has 33 heavy (non-hydrogen) atoms. The normalized spacial score (nSPS) is 13.9. The molecule has 4 aromatic rings. The SMILES string of the molecule is C[Si](C)(C)O[Si](C)(O[Si](c1ccccc1)(c1ccccc1)c1ccccc1)c1ccccc1. The molecule has 0 amide bonds. The van der Waals surface area contributed by atoms with Crippen LogP contribution in [0.25, 0.3) is 0 Å². The minimum atomic E-state index is -2.88. The molecular formula is C28H32O2Si3. The Morgan fingerprint density at radius 3 is 1.00 bits per heavy atom. The van der Waals surface area contributed by atoms with Gasteiger partial charge in [0.15, 0.2) is 8.32 Å². The molecular weight excluding hydrogens is 453 g/mol. The Hall–Kier alpha value is -2.55. The predicted molar refractivity (Wildman–Crippen MR) is 147 cm³/mol. The summed E-state index contributed by atoms with van der Waals surface area (Å²) in [7, 11) is -7.62. The van der Waals surface area contributed by atoms with E-state index < -0.39 is 25.2 Å². The maximum absolute atomic E-state index is 7.64. The van der Waals surface area contributed by atoms with Crippen LogP contribution in [0.2, 0.25) is 26.2 Å². The van der Waals surface area contributed by atoms with Gasteiger partial charge in [-0.25, -0.2) is 0 Å². The fraction of sp³-hybridized carbons (Fsp3) is 0.143. The zero-order chi connectivity index (χ0) is 23.4. The van der Waals surface area contributed by atoms with Gasteiger partial charge in [-0.15, -0.1) is 0 Å². The summed E-state index contributed by atoms with van der Waals surface area (Å²) in [5.41, 5.74) is 0. The van der Waals surface area contributed by atoms with E-state index in [1.807, 2.05) is 0 Å². The second-order valence-electron chi connectivity index (χ2n) is 9.41. The molecule has 0 saturated carbocycles. The van der Waals surface area contributed by atoms with Crippen LogP contribution in [0.15, 0.2) is 121 Å². The molecule has 0 fully saturated rings. The zero-order valence-electron chi connectivity index (χ0n) is 19.9. The highest BCUT2D eigenvalue weighted by atomic mass is 28.5. The number of hydrogen-bond donors (Lipinski definition) is 0. The monoisotopic (exact) mass is 484 g/mol. The summed E-state index contributed by atoms with van der Waals surface area (Å²) in [6.07, 6.45) is 0. The maximum Gasteiger partial charge on any atom is 0.349 e. The van der Waals surface area contributed by atoms with Crippen LogP contribution in [0, 0.1) is 0 Å².